The van der Waals surface area contributed by atoms with Gasteiger partial charge >= 0.3 is 5.97 Å². The van der Waals surface area contributed by atoms with Gasteiger partial charge in [-0.25, -0.2) is 0 Å². The lowest BCUT2D eigenvalue weighted by Gasteiger charge is -2.10. The second-order valence-corrected chi connectivity index (χ2v) is 3.56. The second kappa shape index (κ2) is 6.00. The van der Waals surface area contributed by atoms with Gasteiger partial charge in [0.25, 0.3) is 0 Å². The summed E-state index contributed by atoms with van der Waals surface area (Å²) >= 11 is 0. The van der Waals surface area contributed by atoms with Gasteiger partial charge in [0.1, 0.15) is 11.7 Å². The minimum Gasteiger partial charge on any atom is -0.497 e. The molecule has 0 spiro atoms. The first-order chi connectivity index (χ1) is 8.10. The van der Waals surface area contributed by atoms with Gasteiger partial charge in [-0.3, -0.25) is 9.59 Å². The number of Topliss-reactive ketones (excluding diaryl/α,β-unsaturated/α-hetero) is 1. The molecule has 17 heavy (non-hydrogen) atoms. The van der Waals surface area contributed by atoms with Crippen molar-refractivity contribution in [2.24, 2.45) is 11.7 Å². The summed E-state index contributed by atoms with van der Waals surface area (Å²) in [6, 6.07) is 6.34. The number of benzene rings is 1. The number of carbonyl (C=O) groups is 2. The molecule has 1 aromatic carbocycles. The summed E-state index contributed by atoms with van der Waals surface area (Å²) in [5, 5.41) is 8.94. The molecule has 5 heteroatoms. The van der Waals surface area contributed by atoms with Gasteiger partial charge in [-0.1, -0.05) is 0 Å². The van der Waals surface area contributed by atoms with Crippen molar-refractivity contribution in [2.75, 3.05) is 13.7 Å². The summed E-state index contributed by atoms with van der Waals surface area (Å²) in [4.78, 5) is 22.8. The zero-order valence-corrected chi connectivity index (χ0v) is 9.55. The highest BCUT2D eigenvalue weighted by atomic mass is 16.5. The fourth-order valence-electron chi connectivity index (χ4n) is 1.49. The summed E-state index contributed by atoms with van der Waals surface area (Å²) in [5.41, 5.74) is 5.65. The van der Waals surface area contributed by atoms with E-state index in [4.69, 9.17) is 15.6 Å². The highest BCUT2D eigenvalue weighted by Crippen LogP contribution is 2.16. The van der Waals surface area contributed by atoms with Gasteiger partial charge in [0.15, 0.2) is 5.78 Å². The molecule has 0 fully saturated rings. The van der Waals surface area contributed by atoms with Crippen molar-refractivity contribution in [2.45, 2.75) is 6.42 Å². The molecule has 0 radical (unpaired) electrons. The molecule has 92 valence electrons. The molecule has 0 bridgehead atoms. The van der Waals surface area contributed by atoms with Crippen LogP contribution in [0.3, 0.4) is 0 Å². The van der Waals surface area contributed by atoms with E-state index >= 15 is 0 Å². The lowest BCUT2D eigenvalue weighted by Crippen LogP contribution is -2.26. The first-order valence-electron chi connectivity index (χ1n) is 5.21. The number of hydrogen-bond donors (Lipinski definition) is 2. The predicted molar refractivity (Wildman–Crippen MR) is 62.1 cm³/mol. The van der Waals surface area contributed by atoms with Crippen LogP contribution in [0.15, 0.2) is 24.3 Å². The summed E-state index contributed by atoms with van der Waals surface area (Å²) in [7, 11) is 1.52. The average molecular weight is 237 g/mol. The van der Waals surface area contributed by atoms with Crippen LogP contribution in [0.1, 0.15) is 16.8 Å². The van der Waals surface area contributed by atoms with E-state index in [0.29, 0.717) is 11.3 Å². The van der Waals surface area contributed by atoms with Gasteiger partial charge in [0, 0.05) is 5.56 Å². The van der Waals surface area contributed by atoms with E-state index < -0.39 is 17.7 Å². The molecule has 0 aliphatic heterocycles. The Morgan fingerprint density at radius 1 is 1.35 bits per heavy atom. The topological polar surface area (TPSA) is 89.6 Å². The number of carbonyl (C=O) groups excluding carboxylic acids is 1. The van der Waals surface area contributed by atoms with Crippen LogP contribution in [0.2, 0.25) is 0 Å². The number of aliphatic carboxylic acids is 1. The molecule has 0 saturated heterocycles. The number of rotatable bonds is 6. The van der Waals surface area contributed by atoms with Crippen LogP contribution in [0.5, 0.6) is 5.75 Å². The van der Waals surface area contributed by atoms with Gasteiger partial charge < -0.3 is 15.6 Å². The Bertz CT molecular complexity index is 399. The minimum atomic E-state index is -1.14. The Hall–Kier alpha value is -1.88. The lowest BCUT2D eigenvalue weighted by atomic mass is 9.95. The van der Waals surface area contributed by atoms with Crippen molar-refractivity contribution in [3.05, 3.63) is 29.8 Å². The number of carboxylic acids is 1. The third-order valence-corrected chi connectivity index (χ3v) is 2.44. The van der Waals surface area contributed by atoms with Crippen LogP contribution in [0.25, 0.3) is 0 Å². The Kier molecular flexibility index (Phi) is 4.66. The molecule has 0 saturated carbocycles. The van der Waals surface area contributed by atoms with Crippen LogP contribution >= 0.6 is 0 Å². The molecule has 1 unspecified atom stereocenters. The van der Waals surface area contributed by atoms with Gasteiger partial charge in [-0.05, 0) is 37.2 Å². The van der Waals surface area contributed by atoms with Crippen molar-refractivity contribution in [1.29, 1.82) is 0 Å². The van der Waals surface area contributed by atoms with Gasteiger partial charge in [-0.2, -0.15) is 0 Å². The molecule has 1 rings (SSSR count). The van der Waals surface area contributed by atoms with E-state index in [1.807, 2.05) is 0 Å². The fraction of sp³-hybridized carbons (Fsp3) is 0.333. The van der Waals surface area contributed by atoms with Gasteiger partial charge in [0.2, 0.25) is 0 Å². The largest absolute Gasteiger partial charge is 0.497 e. The Morgan fingerprint density at radius 2 is 1.94 bits per heavy atom. The number of carboxylic acid groups (broad SMARTS) is 1. The Labute approximate surface area is 99.2 Å². The first kappa shape index (κ1) is 13.2. The third kappa shape index (κ3) is 3.29. The molecular formula is C12H15NO4. The van der Waals surface area contributed by atoms with Crippen molar-refractivity contribution in [3.8, 4) is 5.75 Å². The van der Waals surface area contributed by atoms with E-state index in [1.54, 1.807) is 24.3 Å². The Balaban J connectivity index is 2.89. The number of nitrogens with two attached hydrogens (primary N) is 1. The van der Waals surface area contributed by atoms with E-state index in [9.17, 15) is 9.59 Å². The SMILES string of the molecule is COc1ccc(C(=O)C(CCN)C(=O)O)cc1. The van der Waals surface area contributed by atoms with Crippen molar-refractivity contribution < 1.29 is 19.4 Å². The molecule has 0 amide bonds. The maximum absolute atomic E-state index is 11.9. The van der Waals surface area contributed by atoms with E-state index in [2.05, 4.69) is 0 Å². The maximum Gasteiger partial charge on any atom is 0.314 e. The van der Waals surface area contributed by atoms with Crippen molar-refractivity contribution in [1.82, 2.24) is 0 Å². The molecule has 0 heterocycles. The summed E-state index contributed by atoms with van der Waals surface area (Å²) in [5.74, 6) is -2.03. The van der Waals surface area contributed by atoms with Crippen molar-refractivity contribution in [3.63, 3.8) is 0 Å². The predicted octanol–water partition coefficient (Wildman–Crippen LogP) is 0.927. The molecule has 0 aliphatic rings. The zero-order chi connectivity index (χ0) is 12.8. The fourth-order valence-corrected chi connectivity index (χ4v) is 1.49. The lowest BCUT2D eigenvalue weighted by molar-refractivity contribution is -0.140. The van der Waals surface area contributed by atoms with Crippen LogP contribution in [0, 0.1) is 5.92 Å². The summed E-state index contributed by atoms with van der Waals surface area (Å²) in [6.45, 7) is 0.166. The quantitative estimate of drug-likeness (QED) is 0.567. The zero-order valence-electron chi connectivity index (χ0n) is 9.55. The second-order valence-electron chi connectivity index (χ2n) is 3.56. The highest BCUT2D eigenvalue weighted by Gasteiger charge is 2.26. The molecule has 0 aromatic heterocycles. The Morgan fingerprint density at radius 3 is 2.35 bits per heavy atom. The third-order valence-electron chi connectivity index (χ3n) is 2.44. The molecule has 0 aliphatic carbocycles. The first-order valence-corrected chi connectivity index (χ1v) is 5.21. The van der Waals surface area contributed by atoms with Crippen LogP contribution in [0.4, 0.5) is 0 Å². The monoisotopic (exact) mass is 237 g/mol. The van der Waals surface area contributed by atoms with E-state index in [-0.39, 0.29) is 13.0 Å². The summed E-state index contributed by atoms with van der Waals surface area (Å²) in [6.07, 6.45) is 0.139. The standard InChI is InChI=1S/C12H15NO4/c1-17-9-4-2-8(3-5-9)11(14)10(6-7-13)12(15)16/h2-5,10H,6-7,13H2,1H3,(H,15,16). The molecule has 5 nitrogen and oxygen atoms in total. The van der Waals surface area contributed by atoms with Crippen LogP contribution in [-0.2, 0) is 4.79 Å². The van der Waals surface area contributed by atoms with Crippen LogP contribution < -0.4 is 10.5 Å². The smallest absolute Gasteiger partial charge is 0.314 e. The van der Waals surface area contributed by atoms with Crippen molar-refractivity contribution >= 4 is 11.8 Å². The van der Waals surface area contributed by atoms with Gasteiger partial charge in [-0.15, -0.1) is 0 Å². The average Bonchev–Trinajstić information content (AvgIpc) is 2.35. The highest BCUT2D eigenvalue weighted by molar-refractivity contribution is 6.08. The molecular weight excluding hydrogens is 222 g/mol. The summed E-state index contributed by atoms with van der Waals surface area (Å²) < 4.78 is 4.96. The number of hydrogen-bond acceptors (Lipinski definition) is 4. The number of ether oxygens (including phenoxy) is 1. The molecule has 1 aromatic rings. The molecule has 1 atom stereocenters. The number of methoxy groups -OCH3 is 1. The molecule has 3 N–H and O–H groups in total. The normalized spacial score (nSPS) is 11.9. The maximum atomic E-state index is 11.9. The van der Waals surface area contributed by atoms with E-state index in [1.165, 1.54) is 7.11 Å². The van der Waals surface area contributed by atoms with Gasteiger partial charge in [0.05, 0.1) is 7.11 Å². The minimum absolute atomic E-state index is 0.139. The number of ketones is 1. The van der Waals surface area contributed by atoms with E-state index in [0.717, 1.165) is 0 Å². The van der Waals surface area contributed by atoms with Crippen LogP contribution in [-0.4, -0.2) is 30.5 Å².